The number of aliphatic imine (C=N–C) groups is 1. The van der Waals surface area contributed by atoms with Gasteiger partial charge >= 0.3 is 0 Å². The lowest BCUT2D eigenvalue weighted by molar-refractivity contribution is -0.0212. The molecule has 1 atom stereocenters. The number of ether oxygens (including phenoxy) is 2. The Bertz CT molecular complexity index is 703. The van der Waals surface area contributed by atoms with Gasteiger partial charge in [-0.05, 0) is 38.8 Å². The molecule has 2 aliphatic heterocycles. The van der Waals surface area contributed by atoms with E-state index in [1.807, 2.05) is 0 Å². The summed E-state index contributed by atoms with van der Waals surface area (Å²) in [6.45, 7) is 18.6. The number of nitrogens with zero attached hydrogens (tertiary/aromatic N) is 3. The molecule has 0 aliphatic carbocycles. The van der Waals surface area contributed by atoms with Crippen molar-refractivity contribution in [3.05, 3.63) is 35.4 Å². The van der Waals surface area contributed by atoms with Gasteiger partial charge in [0.05, 0.1) is 32.5 Å². The first-order chi connectivity index (χ1) is 15.0. The molecule has 2 aliphatic rings. The Morgan fingerprint density at radius 2 is 1.90 bits per heavy atom. The SMILES string of the molecule is CCNC(=NCc1cccc(CN2CCOC(C)C2)c1)NCC(C)(C)N1CCOCC1. The molecule has 3 rings (SSSR count). The van der Waals surface area contributed by atoms with Gasteiger partial charge in [0.1, 0.15) is 0 Å². The third-order valence-electron chi connectivity index (χ3n) is 6.04. The van der Waals surface area contributed by atoms with Crippen LogP contribution in [0.4, 0.5) is 0 Å². The quantitative estimate of drug-likeness (QED) is 0.485. The summed E-state index contributed by atoms with van der Waals surface area (Å²) >= 11 is 0. The zero-order valence-electron chi connectivity index (χ0n) is 19.8. The Balaban J connectivity index is 1.55. The van der Waals surface area contributed by atoms with Gasteiger partial charge < -0.3 is 20.1 Å². The van der Waals surface area contributed by atoms with Crippen LogP contribution in [0.3, 0.4) is 0 Å². The second kappa shape index (κ2) is 11.8. The fourth-order valence-electron chi connectivity index (χ4n) is 4.21. The Labute approximate surface area is 188 Å². The highest BCUT2D eigenvalue weighted by atomic mass is 16.5. The van der Waals surface area contributed by atoms with E-state index >= 15 is 0 Å². The van der Waals surface area contributed by atoms with Crippen molar-refractivity contribution in [2.75, 3.05) is 59.1 Å². The predicted molar refractivity (Wildman–Crippen MR) is 126 cm³/mol. The molecule has 0 aromatic heterocycles. The summed E-state index contributed by atoms with van der Waals surface area (Å²) in [5.74, 6) is 0.872. The van der Waals surface area contributed by atoms with Crippen molar-refractivity contribution in [2.45, 2.75) is 52.4 Å². The van der Waals surface area contributed by atoms with Crippen molar-refractivity contribution < 1.29 is 9.47 Å². The topological polar surface area (TPSA) is 61.4 Å². The van der Waals surface area contributed by atoms with Gasteiger partial charge in [0, 0.05) is 51.4 Å². The van der Waals surface area contributed by atoms with Gasteiger partial charge in [-0.1, -0.05) is 24.3 Å². The minimum atomic E-state index is 0.0508. The monoisotopic (exact) mass is 431 g/mol. The zero-order valence-corrected chi connectivity index (χ0v) is 19.8. The molecule has 0 amide bonds. The van der Waals surface area contributed by atoms with Crippen LogP contribution in [0.2, 0.25) is 0 Å². The number of benzene rings is 1. The van der Waals surface area contributed by atoms with E-state index in [2.05, 4.69) is 72.4 Å². The Morgan fingerprint density at radius 3 is 2.65 bits per heavy atom. The summed E-state index contributed by atoms with van der Waals surface area (Å²) in [5, 5.41) is 6.94. The molecule has 2 fully saturated rings. The van der Waals surface area contributed by atoms with Crippen LogP contribution in [-0.2, 0) is 22.6 Å². The molecule has 1 unspecified atom stereocenters. The van der Waals surface area contributed by atoms with Crippen LogP contribution >= 0.6 is 0 Å². The number of guanidine groups is 1. The highest BCUT2D eigenvalue weighted by molar-refractivity contribution is 5.79. The fourth-order valence-corrected chi connectivity index (χ4v) is 4.21. The standard InChI is InChI=1S/C24H41N5O2/c1-5-25-23(27-19-24(3,4)29-10-12-30-13-11-29)26-16-21-7-6-8-22(15-21)18-28-9-14-31-20(2)17-28/h6-8,15,20H,5,9-14,16-19H2,1-4H3,(H2,25,26,27). The van der Waals surface area contributed by atoms with Crippen LogP contribution in [0.25, 0.3) is 0 Å². The first-order valence-electron chi connectivity index (χ1n) is 11.7. The number of nitrogens with one attached hydrogen (secondary N) is 2. The molecular formula is C24H41N5O2. The second-order valence-corrected chi connectivity index (χ2v) is 9.20. The van der Waals surface area contributed by atoms with Crippen molar-refractivity contribution >= 4 is 5.96 Å². The molecular weight excluding hydrogens is 390 g/mol. The molecule has 174 valence electrons. The molecule has 7 heteroatoms. The van der Waals surface area contributed by atoms with Crippen LogP contribution < -0.4 is 10.6 Å². The van der Waals surface area contributed by atoms with Gasteiger partial charge in [0.25, 0.3) is 0 Å². The average Bonchev–Trinajstić information content (AvgIpc) is 2.77. The maximum atomic E-state index is 5.66. The number of rotatable bonds is 8. The lowest BCUT2D eigenvalue weighted by Crippen LogP contribution is -2.56. The molecule has 2 N–H and O–H groups in total. The van der Waals surface area contributed by atoms with E-state index in [0.29, 0.717) is 12.6 Å². The molecule has 7 nitrogen and oxygen atoms in total. The molecule has 31 heavy (non-hydrogen) atoms. The third-order valence-corrected chi connectivity index (χ3v) is 6.04. The first kappa shape index (κ1) is 24.0. The Kier molecular flexibility index (Phi) is 9.14. The predicted octanol–water partition coefficient (Wildman–Crippen LogP) is 2.07. The van der Waals surface area contributed by atoms with Gasteiger partial charge in [-0.3, -0.25) is 9.80 Å². The van der Waals surface area contributed by atoms with Crippen molar-refractivity contribution in [1.29, 1.82) is 0 Å². The maximum Gasteiger partial charge on any atom is 0.191 e. The van der Waals surface area contributed by atoms with Gasteiger partial charge in [-0.25, -0.2) is 4.99 Å². The minimum absolute atomic E-state index is 0.0508. The summed E-state index contributed by atoms with van der Waals surface area (Å²) in [6, 6.07) is 8.80. The van der Waals surface area contributed by atoms with E-state index in [1.165, 1.54) is 11.1 Å². The van der Waals surface area contributed by atoms with Crippen LogP contribution in [0.1, 0.15) is 38.8 Å². The van der Waals surface area contributed by atoms with Gasteiger partial charge in [0.15, 0.2) is 5.96 Å². The third kappa shape index (κ3) is 7.75. The van der Waals surface area contributed by atoms with E-state index in [-0.39, 0.29) is 5.54 Å². The minimum Gasteiger partial charge on any atom is -0.379 e. The zero-order chi connectivity index (χ0) is 22.1. The summed E-state index contributed by atoms with van der Waals surface area (Å²) in [4.78, 5) is 9.81. The molecule has 0 spiro atoms. The smallest absolute Gasteiger partial charge is 0.191 e. The number of hydrogen-bond acceptors (Lipinski definition) is 5. The van der Waals surface area contributed by atoms with Gasteiger partial charge in [-0.15, -0.1) is 0 Å². The maximum absolute atomic E-state index is 5.66. The molecule has 0 saturated carbocycles. The van der Waals surface area contributed by atoms with Crippen molar-refractivity contribution in [3.63, 3.8) is 0 Å². The van der Waals surface area contributed by atoms with Crippen molar-refractivity contribution in [1.82, 2.24) is 20.4 Å². The highest BCUT2D eigenvalue weighted by Gasteiger charge is 2.28. The van der Waals surface area contributed by atoms with Crippen LogP contribution in [0, 0.1) is 0 Å². The molecule has 2 saturated heterocycles. The largest absolute Gasteiger partial charge is 0.379 e. The van der Waals surface area contributed by atoms with Crippen LogP contribution in [0.5, 0.6) is 0 Å². The van der Waals surface area contributed by atoms with E-state index in [9.17, 15) is 0 Å². The molecule has 0 bridgehead atoms. The normalized spacial score (nSPS) is 21.8. The first-order valence-corrected chi connectivity index (χ1v) is 11.7. The van der Waals surface area contributed by atoms with E-state index in [4.69, 9.17) is 14.5 Å². The van der Waals surface area contributed by atoms with Crippen molar-refractivity contribution in [2.24, 2.45) is 4.99 Å². The summed E-state index contributed by atoms with van der Waals surface area (Å²) in [5.41, 5.74) is 2.63. The number of hydrogen-bond donors (Lipinski definition) is 2. The summed E-state index contributed by atoms with van der Waals surface area (Å²) < 4.78 is 11.2. The summed E-state index contributed by atoms with van der Waals surface area (Å²) in [7, 11) is 0. The molecule has 0 radical (unpaired) electrons. The van der Waals surface area contributed by atoms with Crippen LogP contribution in [0.15, 0.2) is 29.3 Å². The van der Waals surface area contributed by atoms with E-state index in [0.717, 1.165) is 71.6 Å². The average molecular weight is 432 g/mol. The second-order valence-electron chi connectivity index (χ2n) is 9.20. The molecule has 2 heterocycles. The Morgan fingerprint density at radius 1 is 1.13 bits per heavy atom. The lowest BCUT2D eigenvalue weighted by atomic mass is 10.0. The highest BCUT2D eigenvalue weighted by Crippen LogP contribution is 2.15. The van der Waals surface area contributed by atoms with Crippen LogP contribution in [-0.4, -0.2) is 86.5 Å². The summed E-state index contributed by atoms with van der Waals surface area (Å²) in [6.07, 6.45) is 0.317. The molecule has 1 aromatic carbocycles. The van der Waals surface area contributed by atoms with Gasteiger partial charge in [-0.2, -0.15) is 0 Å². The van der Waals surface area contributed by atoms with E-state index in [1.54, 1.807) is 0 Å². The van der Waals surface area contributed by atoms with E-state index < -0.39 is 0 Å². The van der Waals surface area contributed by atoms with Crippen molar-refractivity contribution in [3.8, 4) is 0 Å². The molecule has 1 aromatic rings. The lowest BCUT2D eigenvalue weighted by Gasteiger charge is -2.41. The van der Waals surface area contributed by atoms with Gasteiger partial charge in [0.2, 0.25) is 0 Å². The fraction of sp³-hybridized carbons (Fsp3) is 0.708. The Hall–Kier alpha value is -1.67. The number of morpholine rings is 2.